The van der Waals surface area contributed by atoms with Crippen molar-refractivity contribution in [2.75, 3.05) is 32.1 Å². The van der Waals surface area contributed by atoms with Crippen LogP contribution in [0.4, 0.5) is 10.5 Å². The Kier molecular flexibility index (Phi) is 7.49. The van der Waals surface area contributed by atoms with Crippen molar-refractivity contribution in [2.45, 2.75) is 25.8 Å². The minimum Gasteiger partial charge on any atom is -0.497 e. The second-order valence-electron chi connectivity index (χ2n) is 5.98. The number of carbonyl (C=O) groups excluding carboxylic acids is 2. The van der Waals surface area contributed by atoms with Crippen molar-refractivity contribution in [3.05, 3.63) is 36.0 Å². The van der Waals surface area contributed by atoms with E-state index in [4.69, 9.17) is 9.47 Å². The highest BCUT2D eigenvalue weighted by Gasteiger charge is 2.23. The van der Waals surface area contributed by atoms with Crippen LogP contribution in [0.2, 0.25) is 0 Å². The summed E-state index contributed by atoms with van der Waals surface area (Å²) in [5.41, 5.74) is 0.559. The Morgan fingerprint density at radius 1 is 1.30 bits per heavy atom. The van der Waals surface area contributed by atoms with Gasteiger partial charge in [-0.05, 0) is 44.0 Å². The third kappa shape index (κ3) is 5.92. The van der Waals surface area contributed by atoms with Crippen LogP contribution in [-0.2, 0) is 9.53 Å². The minimum absolute atomic E-state index is 0.0151. The maximum Gasteiger partial charge on any atom is 0.409 e. The van der Waals surface area contributed by atoms with Crippen LogP contribution in [0, 0.1) is 11.3 Å². The average Bonchev–Trinajstić information content (AvgIpc) is 2.69. The zero-order chi connectivity index (χ0) is 19.6. The van der Waals surface area contributed by atoms with Crippen molar-refractivity contribution in [1.82, 2.24) is 10.2 Å². The van der Waals surface area contributed by atoms with Crippen molar-refractivity contribution in [1.29, 1.82) is 5.26 Å². The van der Waals surface area contributed by atoms with E-state index in [1.165, 1.54) is 6.20 Å². The normalized spacial score (nSPS) is 14.9. The number of nitrogens with zero attached hydrogens (tertiary/aromatic N) is 2. The fourth-order valence-corrected chi connectivity index (χ4v) is 2.67. The second kappa shape index (κ2) is 10.1. The molecule has 0 saturated carbocycles. The van der Waals surface area contributed by atoms with Gasteiger partial charge in [-0.3, -0.25) is 4.79 Å². The fraction of sp³-hybridized carbons (Fsp3) is 0.421. The van der Waals surface area contributed by atoms with Gasteiger partial charge in [0.25, 0.3) is 5.91 Å². The van der Waals surface area contributed by atoms with Crippen molar-refractivity contribution in [2.24, 2.45) is 0 Å². The zero-order valence-corrected chi connectivity index (χ0v) is 15.5. The highest BCUT2D eigenvalue weighted by Crippen LogP contribution is 2.16. The zero-order valence-electron chi connectivity index (χ0n) is 15.5. The number of ether oxygens (including phenoxy) is 2. The molecular formula is C19H24N4O4. The lowest BCUT2D eigenvalue weighted by molar-refractivity contribution is -0.112. The molecule has 2 amide bonds. The van der Waals surface area contributed by atoms with Gasteiger partial charge in [-0.2, -0.15) is 5.26 Å². The minimum atomic E-state index is -0.487. The van der Waals surface area contributed by atoms with Gasteiger partial charge in [0, 0.05) is 31.0 Å². The number of methoxy groups -OCH3 is 1. The van der Waals surface area contributed by atoms with Gasteiger partial charge in [0.05, 0.1) is 13.7 Å². The number of benzene rings is 1. The molecule has 1 fully saturated rings. The van der Waals surface area contributed by atoms with Crippen LogP contribution in [0.5, 0.6) is 5.75 Å². The van der Waals surface area contributed by atoms with Crippen LogP contribution in [-0.4, -0.2) is 49.7 Å². The van der Waals surface area contributed by atoms with Gasteiger partial charge >= 0.3 is 6.09 Å². The molecule has 0 aliphatic carbocycles. The molecule has 1 saturated heterocycles. The van der Waals surface area contributed by atoms with Crippen molar-refractivity contribution in [3.8, 4) is 11.8 Å². The molecule has 0 radical (unpaired) electrons. The highest BCUT2D eigenvalue weighted by molar-refractivity contribution is 6.06. The summed E-state index contributed by atoms with van der Waals surface area (Å²) >= 11 is 0. The quantitative estimate of drug-likeness (QED) is 0.586. The lowest BCUT2D eigenvalue weighted by atomic mass is 10.1. The highest BCUT2D eigenvalue weighted by atomic mass is 16.6. The van der Waals surface area contributed by atoms with Gasteiger partial charge in [-0.15, -0.1) is 0 Å². The summed E-state index contributed by atoms with van der Waals surface area (Å²) in [7, 11) is 1.56. The second-order valence-corrected chi connectivity index (χ2v) is 5.98. The summed E-state index contributed by atoms with van der Waals surface area (Å²) in [5, 5.41) is 15.0. The van der Waals surface area contributed by atoms with Gasteiger partial charge < -0.3 is 25.0 Å². The Morgan fingerprint density at radius 3 is 2.52 bits per heavy atom. The largest absolute Gasteiger partial charge is 0.497 e. The number of likely N-dealkylation sites (tertiary alicyclic amines) is 1. The fourth-order valence-electron chi connectivity index (χ4n) is 2.67. The van der Waals surface area contributed by atoms with Crippen LogP contribution in [0.25, 0.3) is 0 Å². The molecule has 1 heterocycles. The molecule has 1 aromatic carbocycles. The molecule has 27 heavy (non-hydrogen) atoms. The van der Waals surface area contributed by atoms with Gasteiger partial charge in [0.1, 0.15) is 17.4 Å². The van der Waals surface area contributed by atoms with E-state index in [-0.39, 0.29) is 17.7 Å². The maximum absolute atomic E-state index is 12.2. The average molecular weight is 372 g/mol. The van der Waals surface area contributed by atoms with E-state index in [1.807, 2.05) is 6.07 Å². The predicted octanol–water partition coefficient (Wildman–Crippen LogP) is 2.25. The molecule has 0 bridgehead atoms. The number of hydrogen-bond donors (Lipinski definition) is 2. The number of nitriles is 1. The first-order chi connectivity index (χ1) is 13.1. The summed E-state index contributed by atoms with van der Waals surface area (Å²) in [5.74, 6) is 0.194. The molecule has 1 aliphatic rings. The molecule has 2 rings (SSSR count). The Morgan fingerprint density at radius 2 is 1.96 bits per heavy atom. The number of amides is 2. The maximum atomic E-state index is 12.2. The van der Waals surface area contributed by atoms with Gasteiger partial charge in [-0.1, -0.05) is 0 Å². The van der Waals surface area contributed by atoms with Crippen molar-refractivity contribution >= 4 is 17.7 Å². The van der Waals surface area contributed by atoms with Gasteiger partial charge in [0.2, 0.25) is 0 Å². The molecule has 8 heteroatoms. The predicted molar refractivity (Wildman–Crippen MR) is 100 cm³/mol. The number of nitrogens with one attached hydrogen (secondary N) is 2. The lowest BCUT2D eigenvalue weighted by Gasteiger charge is -2.31. The SMILES string of the molecule is CCOC(=O)N1CCC(N/C=C(/C#N)C(=O)Nc2ccc(OC)cc2)CC1. The molecule has 8 nitrogen and oxygen atoms in total. The Hall–Kier alpha value is -3.21. The summed E-state index contributed by atoms with van der Waals surface area (Å²) in [6.07, 6.45) is 2.56. The third-order valence-corrected chi connectivity index (χ3v) is 4.20. The van der Waals surface area contributed by atoms with E-state index in [1.54, 1.807) is 43.2 Å². The van der Waals surface area contributed by atoms with Gasteiger partial charge in [-0.25, -0.2) is 4.79 Å². The van der Waals surface area contributed by atoms with E-state index >= 15 is 0 Å². The van der Waals surface area contributed by atoms with E-state index in [0.717, 1.165) is 0 Å². The monoisotopic (exact) mass is 372 g/mol. The summed E-state index contributed by atoms with van der Waals surface area (Å²) in [6, 6.07) is 8.84. The van der Waals surface area contributed by atoms with Crippen LogP contribution in [0.15, 0.2) is 36.0 Å². The molecule has 0 spiro atoms. The molecule has 1 aliphatic heterocycles. The summed E-state index contributed by atoms with van der Waals surface area (Å²) in [6.45, 7) is 3.28. The standard InChI is InChI=1S/C19H24N4O4/c1-3-27-19(25)23-10-8-15(9-11-23)21-13-14(12-20)18(24)22-16-4-6-17(26-2)7-5-16/h4-7,13,15,21H,3,8-11H2,1-2H3,(H,22,24)/b14-13-. The van der Waals surface area contributed by atoms with Crippen LogP contribution in [0.1, 0.15) is 19.8 Å². The topological polar surface area (TPSA) is 104 Å². The van der Waals surface area contributed by atoms with Crippen molar-refractivity contribution in [3.63, 3.8) is 0 Å². The van der Waals surface area contributed by atoms with E-state index in [9.17, 15) is 14.9 Å². The first-order valence-electron chi connectivity index (χ1n) is 8.80. The Labute approximate surface area is 158 Å². The molecule has 1 aromatic rings. The summed E-state index contributed by atoms with van der Waals surface area (Å²) in [4.78, 5) is 25.6. The third-order valence-electron chi connectivity index (χ3n) is 4.20. The molecule has 0 unspecified atom stereocenters. The Balaban J connectivity index is 1.86. The van der Waals surface area contributed by atoms with Crippen LogP contribution in [0.3, 0.4) is 0 Å². The lowest BCUT2D eigenvalue weighted by Crippen LogP contribution is -2.44. The van der Waals surface area contributed by atoms with Crippen LogP contribution >= 0.6 is 0 Å². The number of carbonyl (C=O) groups is 2. The van der Waals surface area contributed by atoms with Crippen LogP contribution < -0.4 is 15.4 Å². The number of piperidine rings is 1. The van der Waals surface area contributed by atoms with E-state index < -0.39 is 5.91 Å². The molecule has 0 atom stereocenters. The number of rotatable bonds is 6. The number of anilines is 1. The summed E-state index contributed by atoms with van der Waals surface area (Å²) < 4.78 is 10.1. The molecule has 0 aromatic heterocycles. The molecule has 144 valence electrons. The van der Waals surface area contributed by atoms with Crippen molar-refractivity contribution < 1.29 is 19.1 Å². The molecular weight excluding hydrogens is 348 g/mol. The number of hydrogen-bond acceptors (Lipinski definition) is 6. The van der Waals surface area contributed by atoms with E-state index in [2.05, 4.69) is 10.6 Å². The first-order valence-corrected chi connectivity index (χ1v) is 8.80. The molecule has 2 N–H and O–H groups in total. The first kappa shape index (κ1) is 20.1. The Bertz CT molecular complexity index is 716. The van der Waals surface area contributed by atoms with Gasteiger partial charge in [0.15, 0.2) is 0 Å². The smallest absolute Gasteiger partial charge is 0.409 e. The van der Waals surface area contributed by atoms with E-state index in [0.29, 0.717) is 44.0 Å².